The number of rotatable bonds is 1. The van der Waals surface area contributed by atoms with Crippen molar-refractivity contribution < 1.29 is 14.5 Å². The Morgan fingerprint density at radius 3 is 2.50 bits per heavy atom. The molecule has 0 aliphatic carbocycles. The zero-order chi connectivity index (χ0) is 4.99. The summed E-state index contributed by atoms with van der Waals surface area (Å²) < 4.78 is 3.96. The van der Waals surface area contributed by atoms with E-state index in [4.69, 9.17) is 5.02 Å². The molecule has 0 atom stereocenters. The molecule has 0 saturated heterocycles. The van der Waals surface area contributed by atoms with Crippen LogP contribution < -0.4 is 0 Å². The van der Waals surface area contributed by atoms with E-state index in [0.717, 1.165) is 0 Å². The maximum Gasteiger partial charge on any atom is 0.506 e. The average Bonchev–Trinajstić information content (AvgIpc) is 1.35. The molecule has 34 valence electrons. The Bertz CT molecular complexity index is 52.8. The van der Waals surface area contributed by atoms with Gasteiger partial charge in [-0.1, -0.05) is 0 Å². The second-order valence-corrected chi connectivity index (χ2v) is 0.765. The van der Waals surface area contributed by atoms with E-state index in [2.05, 4.69) is 4.65 Å². The van der Waals surface area contributed by atoms with Gasteiger partial charge in [-0.15, -0.1) is 0 Å². The first-order chi connectivity index (χ1) is 2.77. The lowest BCUT2D eigenvalue weighted by Crippen LogP contribution is -2.01. The van der Waals surface area contributed by atoms with Gasteiger partial charge in [-0.2, -0.15) is 0 Å². The number of carbonyl (C=O) groups is 1. The highest BCUT2D eigenvalue weighted by Gasteiger charge is 1.86. The van der Waals surface area contributed by atoms with Gasteiger partial charge in [0.15, 0.2) is 0 Å². The van der Waals surface area contributed by atoms with E-state index in [1.54, 1.807) is 0 Å². The summed E-state index contributed by atoms with van der Waals surface area (Å²) in [5.41, 5.74) is 0. The molecule has 0 heterocycles. The minimum absolute atomic E-state index is 0.461. The van der Waals surface area contributed by atoms with E-state index in [-0.39, 0.29) is 0 Å². The fourth-order valence-electron chi connectivity index (χ4n) is 0.0909. The number of carbonyl (C=O) groups excluding carboxylic acids is 1. The van der Waals surface area contributed by atoms with Crippen molar-refractivity contribution in [1.29, 1.82) is 0 Å². The Kier molecular flexibility index (Phi) is 2.49. The molecular formula is C2H5BO3. The normalized spacial score (nSPS) is 7.00. The van der Waals surface area contributed by atoms with Gasteiger partial charge < -0.3 is 9.68 Å². The summed E-state index contributed by atoms with van der Waals surface area (Å²) in [5.74, 6) is -0.461. The summed E-state index contributed by atoms with van der Waals surface area (Å²) in [6, 6.07) is 0. The second kappa shape index (κ2) is 2.72. The molecule has 0 fully saturated rings. The van der Waals surface area contributed by atoms with E-state index < -0.39 is 13.7 Å². The van der Waals surface area contributed by atoms with E-state index in [0.29, 0.717) is 0 Å². The lowest BCUT2D eigenvalue weighted by molar-refractivity contribution is -0.132. The minimum atomic E-state index is -0.519. The molecule has 0 aromatic carbocycles. The first-order valence-corrected chi connectivity index (χ1v) is 1.51. The van der Waals surface area contributed by atoms with Gasteiger partial charge in [-0.25, -0.2) is 0 Å². The third kappa shape index (κ3) is 3.49. The summed E-state index contributed by atoms with van der Waals surface area (Å²) in [6.07, 6.45) is 0. The van der Waals surface area contributed by atoms with Crippen molar-refractivity contribution in [2.24, 2.45) is 0 Å². The number of hydrogen-bond acceptors (Lipinski definition) is 3. The summed E-state index contributed by atoms with van der Waals surface area (Å²) in [4.78, 5) is 9.66. The van der Waals surface area contributed by atoms with Crippen LogP contribution >= 0.6 is 0 Å². The maximum atomic E-state index is 9.66. The first kappa shape index (κ1) is 5.49. The highest BCUT2D eigenvalue weighted by molar-refractivity contribution is 6.20. The highest BCUT2D eigenvalue weighted by atomic mass is 16.5. The zero-order valence-electron chi connectivity index (χ0n) is 3.47. The molecule has 0 radical (unpaired) electrons. The molecule has 0 aliphatic heterocycles. The molecule has 4 heteroatoms. The predicted octanol–water partition coefficient (Wildman–Crippen LogP) is -1.19. The molecule has 0 aromatic heterocycles. The van der Waals surface area contributed by atoms with Crippen LogP contribution in [0.5, 0.6) is 0 Å². The van der Waals surface area contributed by atoms with Crippen LogP contribution in [-0.2, 0) is 9.45 Å². The van der Waals surface area contributed by atoms with Crippen molar-refractivity contribution in [1.82, 2.24) is 0 Å². The summed E-state index contributed by atoms with van der Waals surface area (Å²) in [5, 5.41) is 7.79. The smallest absolute Gasteiger partial charge is 0.506 e. The van der Waals surface area contributed by atoms with Gasteiger partial charge in [0.05, 0.1) is 0 Å². The summed E-state index contributed by atoms with van der Waals surface area (Å²) in [7, 11) is -0.519. The van der Waals surface area contributed by atoms with Crippen LogP contribution in [0, 0.1) is 0 Å². The van der Waals surface area contributed by atoms with Crippen LogP contribution in [0.1, 0.15) is 6.92 Å². The molecule has 0 aliphatic rings. The Balaban J connectivity index is 2.83. The molecule has 0 aromatic rings. The summed E-state index contributed by atoms with van der Waals surface area (Å²) in [6.45, 7) is 1.23. The van der Waals surface area contributed by atoms with Gasteiger partial charge in [0.25, 0.3) is 5.97 Å². The third-order valence-corrected chi connectivity index (χ3v) is 0.268. The third-order valence-electron chi connectivity index (χ3n) is 0.268. The van der Waals surface area contributed by atoms with Crippen LogP contribution in [0.4, 0.5) is 0 Å². The highest BCUT2D eigenvalue weighted by Crippen LogP contribution is 1.64. The van der Waals surface area contributed by atoms with Crippen molar-refractivity contribution in [3.8, 4) is 0 Å². The zero-order valence-corrected chi connectivity index (χ0v) is 3.47. The van der Waals surface area contributed by atoms with Crippen LogP contribution in [0.3, 0.4) is 0 Å². The molecule has 0 spiro atoms. The van der Waals surface area contributed by atoms with Crippen LogP contribution in [0.25, 0.3) is 0 Å². The topological polar surface area (TPSA) is 46.5 Å². The van der Waals surface area contributed by atoms with E-state index in [1.807, 2.05) is 0 Å². The molecule has 0 rings (SSSR count). The van der Waals surface area contributed by atoms with Crippen molar-refractivity contribution in [2.45, 2.75) is 6.92 Å². The fourth-order valence-corrected chi connectivity index (χ4v) is 0.0909. The monoisotopic (exact) mass is 88.0 g/mol. The maximum absolute atomic E-state index is 9.66. The van der Waals surface area contributed by atoms with Crippen LogP contribution in [-0.4, -0.2) is 18.7 Å². The van der Waals surface area contributed by atoms with Gasteiger partial charge in [0.2, 0.25) is 0 Å². The first-order valence-electron chi connectivity index (χ1n) is 1.51. The van der Waals surface area contributed by atoms with Crippen molar-refractivity contribution in [3.05, 3.63) is 0 Å². The van der Waals surface area contributed by atoms with Crippen LogP contribution in [0.15, 0.2) is 0 Å². The largest absolute Gasteiger partial charge is 0.512 e. The minimum Gasteiger partial charge on any atom is -0.512 e. The van der Waals surface area contributed by atoms with Gasteiger partial charge in [-0.3, -0.25) is 4.79 Å². The summed E-state index contributed by atoms with van der Waals surface area (Å²) >= 11 is 0. The lowest BCUT2D eigenvalue weighted by atomic mass is 10.4. The van der Waals surface area contributed by atoms with Crippen molar-refractivity contribution in [2.75, 3.05) is 0 Å². The number of hydrogen-bond donors (Lipinski definition) is 1. The predicted molar refractivity (Wildman–Crippen MR) is 21.1 cm³/mol. The molecule has 3 nitrogen and oxygen atoms in total. The molecule has 0 unspecified atom stereocenters. The van der Waals surface area contributed by atoms with Crippen molar-refractivity contribution >= 4 is 13.7 Å². The quantitative estimate of drug-likeness (QED) is 0.410. The second-order valence-electron chi connectivity index (χ2n) is 0.765. The van der Waals surface area contributed by atoms with Crippen LogP contribution in [0.2, 0.25) is 0 Å². The molecule has 0 bridgehead atoms. The standard InChI is InChI=1S/C2H5BO3/c1-2(4)6-3-5/h3,5H,1H3. The molecule has 6 heavy (non-hydrogen) atoms. The Hall–Kier alpha value is -0.505. The molecular weight excluding hydrogens is 82.8 g/mol. The average molecular weight is 87.9 g/mol. The lowest BCUT2D eigenvalue weighted by Gasteiger charge is -1.87. The van der Waals surface area contributed by atoms with Gasteiger partial charge >= 0.3 is 7.69 Å². The molecule has 1 N–H and O–H groups in total. The van der Waals surface area contributed by atoms with Gasteiger partial charge in [0.1, 0.15) is 0 Å². The molecule has 0 amide bonds. The van der Waals surface area contributed by atoms with Gasteiger partial charge in [0, 0.05) is 6.92 Å². The molecule has 0 saturated carbocycles. The SMILES string of the molecule is CC(=O)OBO. The Morgan fingerprint density at radius 2 is 2.50 bits per heavy atom. The fraction of sp³-hybridized carbons (Fsp3) is 0.500. The van der Waals surface area contributed by atoms with E-state index in [1.165, 1.54) is 6.92 Å². The Morgan fingerprint density at radius 1 is 2.00 bits per heavy atom. The Labute approximate surface area is 36.2 Å². The van der Waals surface area contributed by atoms with Crippen molar-refractivity contribution in [3.63, 3.8) is 0 Å². The van der Waals surface area contributed by atoms with E-state index in [9.17, 15) is 4.79 Å². The van der Waals surface area contributed by atoms with E-state index >= 15 is 0 Å². The van der Waals surface area contributed by atoms with Gasteiger partial charge in [-0.05, 0) is 0 Å².